The van der Waals surface area contributed by atoms with E-state index in [1.165, 1.54) is 0 Å². The molecule has 0 aliphatic heterocycles. The summed E-state index contributed by atoms with van der Waals surface area (Å²) in [6.07, 6.45) is -0.489. The summed E-state index contributed by atoms with van der Waals surface area (Å²) in [5, 5.41) is 10.8. The van der Waals surface area contributed by atoms with Crippen molar-refractivity contribution in [3.63, 3.8) is 0 Å². The molecule has 94 valence electrons. The number of hydrogen-bond acceptors (Lipinski definition) is 2. The lowest BCUT2D eigenvalue weighted by atomic mass is 10.1. The summed E-state index contributed by atoms with van der Waals surface area (Å²) in [5.74, 6) is 0. The zero-order valence-electron chi connectivity index (χ0n) is 9.73. The van der Waals surface area contributed by atoms with Gasteiger partial charge in [0.15, 0.2) is 0 Å². The number of halogens is 2. The Morgan fingerprint density at radius 1 is 1.06 bits per heavy atom. The van der Waals surface area contributed by atoms with Gasteiger partial charge < -0.3 is 5.11 Å². The summed E-state index contributed by atoms with van der Waals surface area (Å²) in [6.45, 7) is 1.76. The lowest BCUT2D eigenvalue weighted by Gasteiger charge is -2.11. The third-order valence-corrected chi connectivity index (χ3v) is 4.31. The molecule has 0 unspecified atom stereocenters. The van der Waals surface area contributed by atoms with Crippen molar-refractivity contribution < 1.29 is 5.11 Å². The minimum atomic E-state index is -0.489. The molecule has 0 spiro atoms. The van der Waals surface area contributed by atoms with E-state index >= 15 is 0 Å². The largest absolute Gasteiger partial charge is 0.389 e. The van der Waals surface area contributed by atoms with Crippen LogP contribution in [0.15, 0.2) is 52.3 Å². The van der Waals surface area contributed by atoms with Gasteiger partial charge >= 0.3 is 0 Å². The quantitative estimate of drug-likeness (QED) is 0.840. The second-order valence-corrected chi connectivity index (χ2v) is 5.82. The minimum absolute atomic E-state index is 0.489. The van der Waals surface area contributed by atoms with Gasteiger partial charge in [0, 0.05) is 9.79 Å². The van der Waals surface area contributed by atoms with E-state index in [9.17, 15) is 5.11 Å². The Bertz CT molecular complexity index is 555. The number of benzene rings is 2. The van der Waals surface area contributed by atoms with Crippen LogP contribution in [-0.4, -0.2) is 5.11 Å². The van der Waals surface area contributed by atoms with Gasteiger partial charge in [-0.15, -0.1) is 0 Å². The molecule has 2 rings (SSSR count). The van der Waals surface area contributed by atoms with E-state index in [1.807, 2.05) is 36.4 Å². The van der Waals surface area contributed by atoms with Gasteiger partial charge in [0.2, 0.25) is 0 Å². The molecule has 0 aliphatic carbocycles. The first kappa shape index (κ1) is 13.8. The summed E-state index contributed by atoms with van der Waals surface area (Å²) < 4.78 is 0. The minimum Gasteiger partial charge on any atom is -0.389 e. The molecule has 1 atom stereocenters. The molecular weight excluding hydrogens is 287 g/mol. The van der Waals surface area contributed by atoms with E-state index in [0.29, 0.717) is 10.0 Å². The Balaban J connectivity index is 2.31. The first-order chi connectivity index (χ1) is 8.58. The van der Waals surface area contributed by atoms with Crippen LogP contribution in [0.1, 0.15) is 18.6 Å². The second kappa shape index (κ2) is 5.98. The average Bonchev–Trinajstić information content (AvgIpc) is 2.34. The molecule has 2 aromatic rings. The highest BCUT2D eigenvalue weighted by Gasteiger charge is 2.09. The maximum Gasteiger partial charge on any atom is 0.0772 e. The predicted octanol–water partition coefficient (Wildman–Crippen LogP) is 5.20. The predicted molar refractivity (Wildman–Crippen MR) is 77.7 cm³/mol. The van der Waals surface area contributed by atoms with Crippen molar-refractivity contribution in [1.82, 2.24) is 0 Å². The molecule has 0 heterocycles. The Hall–Kier alpha value is -0.670. The Kier molecular flexibility index (Phi) is 4.57. The molecule has 2 aromatic carbocycles. The Morgan fingerprint density at radius 2 is 1.78 bits per heavy atom. The van der Waals surface area contributed by atoms with Gasteiger partial charge in [-0.3, -0.25) is 0 Å². The number of aliphatic hydroxyl groups excluding tert-OH is 1. The zero-order valence-corrected chi connectivity index (χ0v) is 12.1. The van der Waals surface area contributed by atoms with Crippen LogP contribution >= 0.6 is 35.0 Å². The van der Waals surface area contributed by atoms with Crippen LogP contribution in [0.5, 0.6) is 0 Å². The van der Waals surface area contributed by atoms with Crippen molar-refractivity contribution in [2.45, 2.75) is 22.8 Å². The lowest BCUT2D eigenvalue weighted by molar-refractivity contribution is 0.196. The molecule has 0 bridgehead atoms. The molecule has 0 aliphatic rings. The molecule has 0 saturated carbocycles. The van der Waals surface area contributed by atoms with Crippen molar-refractivity contribution in [2.24, 2.45) is 0 Å². The molecule has 0 amide bonds. The highest BCUT2D eigenvalue weighted by atomic mass is 35.5. The summed E-state index contributed by atoms with van der Waals surface area (Å²) >= 11 is 13.4. The van der Waals surface area contributed by atoms with E-state index in [1.54, 1.807) is 24.8 Å². The van der Waals surface area contributed by atoms with Gasteiger partial charge in [-0.1, -0.05) is 53.2 Å². The van der Waals surface area contributed by atoms with Gasteiger partial charge in [0.05, 0.1) is 16.1 Å². The molecule has 0 fully saturated rings. The maximum absolute atomic E-state index is 9.72. The number of rotatable bonds is 3. The topological polar surface area (TPSA) is 20.2 Å². The van der Waals surface area contributed by atoms with Crippen LogP contribution in [0.25, 0.3) is 0 Å². The van der Waals surface area contributed by atoms with Crippen molar-refractivity contribution in [3.05, 3.63) is 58.1 Å². The van der Waals surface area contributed by atoms with E-state index in [0.717, 1.165) is 15.4 Å². The Morgan fingerprint density at radius 3 is 2.44 bits per heavy atom. The fraction of sp³-hybridized carbons (Fsp3) is 0.143. The molecule has 1 N–H and O–H groups in total. The summed E-state index contributed by atoms with van der Waals surface area (Å²) in [4.78, 5) is 2.02. The third kappa shape index (κ3) is 3.21. The molecule has 18 heavy (non-hydrogen) atoms. The summed E-state index contributed by atoms with van der Waals surface area (Å²) in [6, 6.07) is 13.3. The fourth-order valence-electron chi connectivity index (χ4n) is 1.59. The van der Waals surface area contributed by atoms with Gasteiger partial charge in [-0.05, 0) is 36.8 Å². The molecule has 1 nitrogen and oxygen atoms in total. The second-order valence-electron chi connectivity index (χ2n) is 3.89. The highest BCUT2D eigenvalue weighted by molar-refractivity contribution is 7.99. The van der Waals surface area contributed by atoms with Gasteiger partial charge in [-0.25, -0.2) is 0 Å². The van der Waals surface area contributed by atoms with E-state index in [-0.39, 0.29) is 0 Å². The van der Waals surface area contributed by atoms with Crippen molar-refractivity contribution in [1.29, 1.82) is 0 Å². The number of aliphatic hydroxyl groups is 1. The van der Waals surface area contributed by atoms with E-state index < -0.39 is 6.10 Å². The van der Waals surface area contributed by atoms with Gasteiger partial charge in [-0.2, -0.15) is 0 Å². The smallest absolute Gasteiger partial charge is 0.0772 e. The van der Waals surface area contributed by atoms with Crippen LogP contribution in [0.3, 0.4) is 0 Å². The maximum atomic E-state index is 9.72. The lowest BCUT2D eigenvalue weighted by Crippen LogP contribution is -1.93. The van der Waals surface area contributed by atoms with Gasteiger partial charge in [0.25, 0.3) is 0 Å². The zero-order chi connectivity index (χ0) is 13.1. The summed E-state index contributed by atoms with van der Waals surface area (Å²) in [5.41, 5.74) is 0.911. The van der Waals surface area contributed by atoms with E-state index in [4.69, 9.17) is 23.2 Å². The Labute approximate surface area is 121 Å². The molecular formula is C14H12Cl2OS. The molecule has 4 heteroatoms. The van der Waals surface area contributed by atoms with E-state index in [2.05, 4.69) is 0 Å². The van der Waals surface area contributed by atoms with Crippen LogP contribution in [0.2, 0.25) is 10.0 Å². The fourth-order valence-corrected chi connectivity index (χ4v) is 3.02. The van der Waals surface area contributed by atoms with Crippen LogP contribution < -0.4 is 0 Å². The van der Waals surface area contributed by atoms with Crippen molar-refractivity contribution in [3.8, 4) is 0 Å². The normalized spacial score (nSPS) is 12.4. The first-order valence-electron chi connectivity index (χ1n) is 5.48. The standard InChI is InChI=1S/C14H12Cl2OS/c1-9(17)11-4-2-3-5-14(11)18-10-6-7-12(15)13(16)8-10/h2-9,17H,1H3/t9-/m0/s1. The average molecular weight is 299 g/mol. The van der Waals surface area contributed by atoms with Crippen LogP contribution in [0.4, 0.5) is 0 Å². The monoisotopic (exact) mass is 298 g/mol. The molecule has 0 saturated heterocycles. The number of hydrogen-bond donors (Lipinski definition) is 1. The van der Waals surface area contributed by atoms with Crippen LogP contribution in [0, 0.1) is 0 Å². The van der Waals surface area contributed by atoms with Gasteiger partial charge in [0.1, 0.15) is 0 Å². The SMILES string of the molecule is C[C@H](O)c1ccccc1Sc1ccc(Cl)c(Cl)c1. The molecule has 0 aromatic heterocycles. The van der Waals surface area contributed by atoms with Crippen molar-refractivity contribution in [2.75, 3.05) is 0 Å². The third-order valence-electron chi connectivity index (χ3n) is 2.49. The first-order valence-corrected chi connectivity index (χ1v) is 7.05. The molecule has 0 radical (unpaired) electrons. The van der Waals surface area contributed by atoms with Crippen LogP contribution in [-0.2, 0) is 0 Å². The van der Waals surface area contributed by atoms with Crippen molar-refractivity contribution >= 4 is 35.0 Å². The highest BCUT2D eigenvalue weighted by Crippen LogP contribution is 2.35. The summed E-state index contributed by atoms with van der Waals surface area (Å²) in [7, 11) is 0.